The van der Waals surface area contributed by atoms with Crippen LogP contribution >= 0.6 is 0 Å². The number of pyridine rings is 1. The second kappa shape index (κ2) is 5.05. The van der Waals surface area contributed by atoms with E-state index >= 15 is 0 Å². The minimum Gasteiger partial charge on any atom is -0.395 e. The van der Waals surface area contributed by atoms with E-state index in [1.165, 1.54) is 19.3 Å². The van der Waals surface area contributed by atoms with Crippen LogP contribution in [0.3, 0.4) is 0 Å². The topological polar surface area (TPSA) is 65.9 Å². The van der Waals surface area contributed by atoms with Crippen LogP contribution in [0.2, 0.25) is 0 Å². The van der Waals surface area contributed by atoms with E-state index in [1.54, 1.807) is 12.3 Å². The minimum absolute atomic E-state index is 0.521. The van der Waals surface area contributed by atoms with Crippen molar-refractivity contribution in [3.63, 3.8) is 0 Å². The maximum Gasteiger partial charge on any atom is 0.153 e. The highest BCUT2D eigenvalue weighted by Crippen LogP contribution is 2.30. The first-order valence-corrected chi connectivity index (χ1v) is 6.15. The van der Waals surface area contributed by atoms with Gasteiger partial charge in [0.05, 0.1) is 11.3 Å². The van der Waals surface area contributed by atoms with E-state index in [4.69, 9.17) is 11.0 Å². The standard InChI is InChI=1S/C13H18N4/c1-2-3-10-5-7-17(9-10)13-12(15)11(8-14)4-6-16-13/h4,6,10H,2-3,5,7,9,15H2,1H3. The van der Waals surface area contributed by atoms with Gasteiger partial charge in [-0.2, -0.15) is 5.26 Å². The third kappa shape index (κ3) is 2.33. The van der Waals surface area contributed by atoms with Crippen LogP contribution in [0.25, 0.3) is 0 Å². The van der Waals surface area contributed by atoms with E-state index < -0.39 is 0 Å². The first kappa shape index (κ1) is 11.7. The van der Waals surface area contributed by atoms with Crippen molar-refractivity contribution in [2.45, 2.75) is 26.2 Å². The number of nitrogen functional groups attached to an aromatic ring is 1. The molecule has 1 fully saturated rings. The van der Waals surface area contributed by atoms with Gasteiger partial charge in [-0.3, -0.25) is 0 Å². The summed E-state index contributed by atoms with van der Waals surface area (Å²) in [5.41, 5.74) is 7.01. The summed E-state index contributed by atoms with van der Waals surface area (Å²) in [5, 5.41) is 8.95. The molecule has 0 saturated carbocycles. The fraction of sp³-hybridized carbons (Fsp3) is 0.538. The second-order valence-electron chi connectivity index (χ2n) is 4.60. The van der Waals surface area contributed by atoms with Gasteiger partial charge < -0.3 is 10.6 Å². The molecular formula is C13H18N4. The van der Waals surface area contributed by atoms with Crippen molar-refractivity contribution in [1.82, 2.24) is 4.98 Å². The van der Waals surface area contributed by atoms with Crippen molar-refractivity contribution >= 4 is 11.5 Å². The molecule has 1 atom stereocenters. The summed E-state index contributed by atoms with van der Waals surface area (Å²) in [7, 11) is 0. The first-order chi connectivity index (χ1) is 8.26. The molecular weight excluding hydrogens is 212 g/mol. The number of nitriles is 1. The smallest absolute Gasteiger partial charge is 0.153 e. The van der Waals surface area contributed by atoms with Gasteiger partial charge in [0.1, 0.15) is 6.07 Å². The summed E-state index contributed by atoms with van der Waals surface area (Å²) in [6.45, 7) is 4.22. The molecule has 1 aromatic rings. The number of rotatable bonds is 3. The molecule has 1 aromatic heterocycles. The van der Waals surface area contributed by atoms with Crippen LogP contribution in [-0.2, 0) is 0 Å². The monoisotopic (exact) mass is 230 g/mol. The highest BCUT2D eigenvalue weighted by molar-refractivity contribution is 5.70. The lowest BCUT2D eigenvalue weighted by Gasteiger charge is -2.19. The Morgan fingerprint density at radius 1 is 1.65 bits per heavy atom. The minimum atomic E-state index is 0.521. The van der Waals surface area contributed by atoms with Gasteiger partial charge in [0.25, 0.3) is 0 Å². The average molecular weight is 230 g/mol. The lowest BCUT2D eigenvalue weighted by atomic mass is 10.0. The Kier molecular flexibility index (Phi) is 3.48. The van der Waals surface area contributed by atoms with Crippen molar-refractivity contribution < 1.29 is 0 Å². The van der Waals surface area contributed by atoms with E-state index in [0.29, 0.717) is 11.3 Å². The number of nitrogens with zero attached hydrogens (tertiary/aromatic N) is 3. The van der Waals surface area contributed by atoms with Crippen molar-refractivity contribution in [2.24, 2.45) is 5.92 Å². The zero-order valence-corrected chi connectivity index (χ0v) is 10.2. The van der Waals surface area contributed by atoms with Gasteiger partial charge in [0, 0.05) is 19.3 Å². The molecule has 90 valence electrons. The normalized spacial score (nSPS) is 19.3. The Hall–Kier alpha value is -1.76. The van der Waals surface area contributed by atoms with Crippen LogP contribution in [0.1, 0.15) is 31.7 Å². The van der Waals surface area contributed by atoms with Crippen LogP contribution in [0.5, 0.6) is 0 Å². The van der Waals surface area contributed by atoms with Gasteiger partial charge >= 0.3 is 0 Å². The van der Waals surface area contributed by atoms with Gasteiger partial charge in [-0.15, -0.1) is 0 Å². The molecule has 0 aromatic carbocycles. The number of anilines is 2. The van der Waals surface area contributed by atoms with Gasteiger partial charge in [0.2, 0.25) is 0 Å². The molecule has 1 aliphatic rings. The molecule has 4 nitrogen and oxygen atoms in total. The van der Waals surface area contributed by atoms with Crippen molar-refractivity contribution in [3.8, 4) is 6.07 Å². The quantitative estimate of drug-likeness (QED) is 0.864. The number of hydrogen-bond donors (Lipinski definition) is 1. The maximum atomic E-state index is 8.95. The van der Waals surface area contributed by atoms with E-state index in [9.17, 15) is 0 Å². The van der Waals surface area contributed by atoms with Crippen LogP contribution in [0.4, 0.5) is 11.5 Å². The van der Waals surface area contributed by atoms with Crippen LogP contribution in [-0.4, -0.2) is 18.1 Å². The summed E-state index contributed by atoms with van der Waals surface area (Å²) in [6, 6.07) is 3.77. The average Bonchev–Trinajstić information content (AvgIpc) is 2.78. The molecule has 2 N–H and O–H groups in total. The molecule has 1 saturated heterocycles. The predicted molar refractivity (Wildman–Crippen MR) is 68.6 cm³/mol. The van der Waals surface area contributed by atoms with Crippen LogP contribution in [0, 0.1) is 17.2 Å². The lowest BCUT2D eigenvalue weighted by Crippen LogP contribution is -2.22. The molecule has 0 aliphatic carbocycles. The molecule has 0 bridgehead atoms. The molecule has 1 aliphatic heterocycles. The summed E-state index contributed by atoms with van der Waals surface area (Å²) in [4.78, 5) is 6.52. The fourth-order valence-corrected chi connectivity index (χ4v) is 2.48. The highest BCUT2D eigenvalue weighted by atomic mass is 15.2. The largest absolute Gasteiger partial charge is 0.395 e. The number of aromatic nitrogens is 1. The van der Waals surface area contributed by atoms with Crippen LogP contribution < -0.4 is 10.6 Å². The van der Waals surface area contributed by atoms with Gasteiger partial charge in [-0.25, -0.2) is 4.98 Å². The third-order valence-corrected chi connectivity index (χ3v) is 3.37. The molecule has 0 amide bonds. The Labute approximate surface area is 102 Å². The van der Waals surface area contributed by atoms with Crippen LogP contribution in [0.15, 0.2) is 12.3 Å². The Morgan fingerprint density at radius 2 is 2.47 bits per heavy atom. The fourth-order valence-electron chi connectivity index (χ4n) is 2.48. The zero-order valence-electron chi connectivity index (χ0n) is 10.2. The van der Waals surface area contributed by atoms with E-state index in [-0.39, 0.29) is 0 Å². The summed E-state index contributed by atoms with van der Waals surface area (Å²) < 4.78 is 0. The molecule has 17 heavy (non-hydrogen) atoms. The Bertz CT molecular complexity index is 436. The van der Waals surface area contributed by atoms with E-state index in [0.717, 1.165) is 24.8 Å². The number of hydrogen-bond acceptors (Lipinski definition) is 4. The van der Waals surface area contributed by atoms with E-state index in [2.05, 4.69) is 22.9 Å². The van der Waals surface area contributed by atoms with Gasteiger partial charge in [0.15, 0.2) is 5.82 Å². The zero-order chi connectivity index (χ0) is 12.3. The van der Waals surface area contributed by atoms with Crippen molar-refractivity contribution in [3.05, 3.63) is 17.8 Å². The second-order valence-corrected chi connectivity index (χ2v) is 4.60. The Morgan fingerprint density at radius 3 is 3.18 bits per heavy atom. The SMILES string of the molecule is CCCC1CCN(c2nccc(C#N)c2N)C1. The molecule has 1 unspecified atom stereocenters. The van der Waals surface area contributed by atoms with E-state index in [1.807, 2.05) is 0 Å². The lowest BCUT2D eigenvalue weighted by molar-refractivity contribution is 0.529. The van der Waals surface area contributed by atoms with Crippen molar-refractivity contribution in [2.75, 3.05) is 23.7 Å². The molecule has 4 heteroatoms. The summed E-state index contributed by atoms with van der Waals surface area (Å²) in [5.74, 6) is 1.52. The predicted octanol–water partition coefficient (Wildman–Crippen LogP) is 2.16. The molecule has 0 spiro atoms. The van der Waals surface area contributed by atoms with Gasteiger partial charge in [-0.1, -0.05) is 13.3 Å². The molecule has 2 heterocycles. The summed E-state index contributed by atoms with van der Waals surface area (Å²) in [6.07, 6.45) is 5.34. The van der Waals surface area contributed by atoms with Crippen molar-refractivity contribution in [1.29, 1.82) is 5.26 Å². The first-order valence-electron chi connectivity index (χ1n) is 6.15. The summed E-state index contributed by atoms with van der Waals surface area (Å²) >= 11 is 0. The maximum absolute atomic E-state index is 8.95. The molecule has 2 rings (SSSR count). The number of nitrogens with two attached hydrogens (primary N) is 1. The third-order valence-electron chi connectivity index (χ3n) is 3.37. The Balaban J connectivity index is 2.17. The molecule has 0 radical (unpaired) electrons. The van der Waals surface area contributed by atoms with Gasteiger partial charge in [-0.05, 0) is 24.8 Å². The highest BCUT2D eigenvalue weighted by Gasteiger charge is 2.24.